The molecule has 0 atom stereocenters. The first kappa shape index (κ1) is 80.9. The van der Waals surface area contributed by atoms with E-state index in [1.807, 2.05) is 36.4 Å². The van der Waals surface area contributed by atoms with E-state index in [0.717, 1.165) is 166 Å². The van der Waals surface area contributed by atoms with E-state index in [9.17, 15) is 21.0 Å². The maximum Gasteiger partial charge on any atom is 0.0998 e. The second-order valence-electron chi connectivity index (χ2n) is 36.3. The van der Waals surface area contributed by atoms with Gasteiger partial charge in [-0.1, -0.05) is 235 Å². The third-order valence-electron chi connectivity index (χ3n) is 27.9. The molecule has 0 aliphatic rings. The Morgan fingerprint density at radius 2 is 0.447 bits per heavy atom. The van der Waals surface area contributed by atoms with Crippen LogP contribution in [0.4, 0.5) is 0 Å². The van der Waals surface area contributed by atoms with Crippen LogP contribution in [-0.4, -0.2) is 18.3 Å². The van der Waals surface area contributed by atoms with Crippen molar-refractivity contribution in [2.45, 2.75) is 82.6 Å². The van der Waals surface area contributed by atoms with Gasteiger partial charge in [-0.05, 0) is 321 Å². The molecule has 0 unspecified atom stereocenters. The van der Waals surface area contributed by atoms with Gasteiger partial charge in [0.25, 0.3) is 0 Å². The van der Waals surface area contributed by atoms with E-state index in [2.05, 4.69) is 416 Å². The smallest absolute Gasteiger partial charge is 0.0998 e. The Labute approximate surface area is 768 Å². The largest absolute Gasteiger partial charge is 0.309 e. The molecule has 18 aromatic carbocycles. The van der Waals surface area contributed by atoms with Gasteiger partial charge >= 0.3 is 0 Å². The number of rotatable bonds is 14. The van der Waals surface area contributed by atoms with Crippen molar-refractivity contribution in [2.24, 2.45) is 0 Å². The number of nitriles is 4. The zero-order chi connectivity index (χ0) is 90.3. The number of hydrogen-bond acceptors (Lipinski definition) is 4. The van der Waals surface area contributed by atoms with Crippen LogP contribution >= 0.6 is 0 Å². The number of aromatic nitrogens is 4. The maximum atomic E-state index is 11.4. The lowest BCUT2D eigenvalue weighted by Gasteiger charge is -2.17. The van der Waals surface area contributed by atoms with E-state index in [4.69, 9.17) is 0 Å². The second-order valence-corrected chi connectivity index (χ2v) is 36.3. The zero-order valence-electron chi connectivity index (χ0n) is 75.5. The van der Waals surface area contributed by atoms with Gasteiger partial charge in [0, 0.05) is 88.1 Å². The van der Waals surface area contributed by atoms with E-state index in [1.165, 1.54) is 83.5 Å². The molecule has 0 bridgehead atoms. The number of nitrogens with zero attached hydrogens (tertiary/aromatic N) is 8. The first-order chi connectivity index (χ1) is 64.2. The molecular weight excluding hydrogens is 1600 g/mol. The molecule has 0 aliphatic heterocycles. The summed E-state index contributed by atoms with van der Waals surface area (Å²) in [5.74, 6) is 0. The molecule has 4 heterocycles. The number of para-hydroxylation sites is 2. The van der Waals surface area contributed by atoms with Crippen molar-refractivity contribution < 1.29 is 0 Å². The first-order valence-corrected chi connectivity index (χ1v) is 45.2. The van der Waals surface area contributed by atoms with Crippen LogP contribution in [-0.2, 0) is 6.42 Å². The van der Waals surface area contributed by atoms with Crippen molar-refractivity contribution in [2.75, 3.05) is 0 Å². The molecule has 626 valence electrons. The highest BCUT2D eigenvalue weighted by atomic mass is 15.0. The number of benzene rings is 18. The highest BCUT2D eigenvalue weighted by Crippen LogP contribution is 2.47. The lowest BCUT2D eigenvalue weighted by molar-refractivity contribution is 1.12. The van der Waals surface area contributed by atoms with Gasteiger partial charge in [-0.25, -0.2) is 0 Å². The van der Waals surface area contributed by atoms with Crippen LogP contribution in [0.3, 0.4) is 0 Å². The van der Waals surface area contributed by atoms with Crippen LogP contribution in [0.2, 0.25) is 0 Å². The van der Waals surface area contributed by atoms with Crippen molar-refractivity contribution in [3.05, 3.63) is 428 Å². The first-order valence-electron chi connectivity index (χ1n) is 45.2. The van der Waals surface area contributed by atoms with Crippen LogP contribution in [0.15, 0.2) is 334 Å². The molecule has 8 nitrogen and oxygen atoms in total. The number of aryl methyl sites for hydroxylation is 10. The summed E-state index contributed by atoms with van der Waals surface area (Å²) in [4.78, 5) is 0. The Hall–Kier alpha value is -16.9. The molecular formula is C124H90N8. The SMILES string of the molecule is Cc1ccc(-c2ccc3c4ccccc4n(-c4ccc(C#N)c(-c5cc(-n6c7ccccc7c7ccc(-c8ccc(Cc9c(C)ccc(-c%10ccc%11c%12ccc(-c%13ccc(C)cc%13C)cc%12n(-c%12ccc(C#N)c(-c%13cc(-n%14c%15cc(-c%16ccc(C)cc%16C)ccc%15c%15ccc(-c%16ccc(C)cc%16C)cc%15%14)ccc%13C#N)c%12)c%11c%10)c9C)cc8C)cc76)ccc5C#N)c4)c3c2)c(C)c1. The summed E-state index contributed by atoms with van der Waals surface area (Å²) in [5.41, 5.74) is 45.6. The Morgan fingerprint density at radius 1 is 0.197 bits per heavy atom. The Balaban J connectivity index is 0.626. The van der Waals surface area contributed by atoms with Crippen molar-refractivity contribution in [3.63, 3.8) is 0 Å². The van der Waals surface area contributed by atoms with Gasteiger partial charge in [-0.2, -0.15) is 21.0 Å². The summed E-state index contributed by atoms with van der Waals surface area (Å²) < 4.78 is 9.34. The predicted molar refractivity (Wildman–Crippen MR) is 548 cm³/mol. The van der Waals surface area contributed by atoms with Crippen LogP contribution in [0.5, 0.6) is 0 Å². The van der Waals surface area contributed by atoms with Gasteiger partial charge in [0.1, 0.15) is 0 Å². The van der Waals surface area contributed by atoms with Crippen molar-refractivity contribution in [3.8, 4) is 136 Å². The fraction of sp³-hybridized carbons (Fsp3) is 0.0968. The molecule has 4 aromatic heterocycles. The van der Waals surface area contributed by atoms with Gasteiger partial charge in [-0.15, -0.1) is 0 Å². The highest BCUT2D eigenvalue weighted by Gasteiger charge is 2.26. The third-order valence-corrected chi connectivity index (χ3v) is 27.9. The molecule has 22 rings (SSSR count). The average molecular weight is 1690 g/mol. The Bertz CT molecular complexity index is 8830. The van der Waals surface area contributed by atoms with Crippen LogP contribution in [0.1, 0.15) is 94.6 Å². The Kier molecular flexibility index (Phi) is 19.5. The minimum Gasteiger partial charge on any atom is -0.309 e. The topological polar surface area (TPSA) is 115 Å². The van der Waals surface area contributed by atoms with Gasteiger partial charge in [-0.3, -0.25) is 0 Å². The fourth-order valence-corrected chi connectivity index (χ4v) is 21.5. The van der Waals surface area contributed by atoms with Gasteiger partial charge < -0.3 is 18.3 Å². The Morgan fingerprint density at radius 3 is 0.727 bits per heavy atom. The summed E-state index contributed by atoms with van der Waals surface area (Å²) in [6, 6.07) is 131. The lowest BCUT2D eigenvalue weighted by atomic mass is 9.88. The molecule has 0 N–H and O–H groups in total. The summed E-state index contributed by atoms with van der Waals surface area (Å²) in [6.07, 6.45) is 0.716. The second kappa shape index (κ2) is 31.9. The van der Waals surface area contributed by atoms with E-state index < -0.39 is 0 Å². The summed E-state index contributed by atoms with van der Waals surface area (Å²) >= 11 is 0. The van der Waals surface area contributed by atoms with Gasteiger partial charge in [0.15, 0.2) is 0 Å². The van der Waals surface area contributed by atoms with Crippen LogP contribution in [0, 0.1) is 121 Å². The van der Waals surface area contributed by atoms with Crippen LogP contribution in [0.25, 0.3) is 199 Å². The predicted octanol–water partition coefficient (Wildman–Crippen LogP) is 31.9. The van der Waals surface area contributed by atoms with Crippen molar-refractivity contribution >= 4 is 87.2 Å². The summed E-state index contributed by atoms with van der Waals surface area (Å²) in [7, 11) is 0. The van der Waals surface area contributed by atoms with E-state index in [0.29, 0.717) is 50.9 Å². The van der Waals surface area contributed by atoms with E-state index in [1.54, 1.807) is 0 Å². The zero-order valence-corrected chi connectivity index (χ0v) is 75.5. The van der Waals surface area contributed by atoms with Crippen molar-refractivity contribution in [1.82, 2.24) is 18.3 Å². The fourth-order valence-electron chi connectivity index (χ4n) is 21.5. The van der Waals surface area contributed by atoms with E-state index in [-0.39, 0.29) is 0 Å². The van der Waals surface area contributed by atoms with Crippen LogP contribution < -0.4 is 0 Å². The van der Waals surface area contributed by atoms with Gasteiger partial charge in [0.05, 0.1) is 90.7 Å². The molecule has 8 heteroatoms. The monoisotopic (exact) mass is 1690 g/mol. The normalized spacial score (nSPS) is 11.6. The van der Waals surface area contributed by atoms with Gasteiger partial charge in [0.2, 0.25) is 0 Å². The third kappa shape index (κ3) is 13.5. The molecule has 0 saturated heterocycles. The number of hydrogen-bond donors (Lipinski definition) is 0. The molecule has 0 amide bonds. The standard InChI is InChI=1S/C124H90N8/c1-72-20-40-98(77(6)52-72)84-30-46-106-104-16-12-14-18-117(104)129(119(106)58-84)94-36-26-90(68-125)113(64-94)114-65-95(37-27-91(114)69-126)130-118-19-15-13-17-105(118)107-47-31-88(59-120(107)130)102-45-25-83(56-81(102)10)57-112-76(5)24-44-103(82(112)11)89-35-51-111-110-50-34-87(101-43-23-75(4)55-80(101)9)62-123(110)132(124(111)63-89)97-39-29-93(71-128)116(67-97)115-66-96(38-28-92(115)70-127)131-121-60-85(99-41-21-73(2)53-78(99)7)32-48-108(121)109-49-33-86(61-122(109)131)100-42-22-74(3)54-79(100)8/h12-56,58-67H,57H2,1-11H3. The number of fused-ring (bicyclic) bond motifs is 12. The minimum absolute atomic E-state index is 0.461. The molecule has 0 radical (unpaired) electrons. The maximum absolute atomic E-state index is 11.4. The average Bonchev–Trinajstić information content (AvgIpc) is 1.58. The molecule has 0 aliphatic carbocycles. The lowest BCUT2D eigenvalue weighted by Crippen LogP contribution is -2.00. The molecule has 22 aromatic rings. The quantitative estimate of drug-likeness (QED) is 0.108. The minimum atomic E-state index is 0.461. The molecule has 132 heavy (non-hydrogen) atoms. The summed E-state index contributed by atoms with van der Waals surface area (Å²) in [6.45, 7) is 24.0. The highest BCUT2D eigenvalue weighted by molar-refractivity contribution is 6.15. The molecule has 0 saturated carbocycles. The summed E-state index contributed by atoms with van der Waals surface area (Å²) in [5, 5.41) is 53.7. The van der Waals surface area contributed by atoms with E-state index >= 15 is 0 Å². The molecule has 0 fully saturated rings. The van der Waals surface area contributed by atoms with Crippen molar-refractivity contribution in [1.29, 1.82) is 21.0 Å². The molecule has 0 spiro atoms.